The van der Waals surface area contributed by atoms with Gasteiger partial charge in [0.15, 0.2) is 5.11 Å². The minimum atomic E-state index is -0.0684. The molecule has 4 aromatic rings. The van der Waals surface area contributed by atoms with Gasteiger partial charge in [-0.3, -0.25) is 4.98 Å². The number of rotatable bonds is 4. The number of aryl methyl sites for hydroxylation is 1. The minimum Gasteiger partial charge on any atom is -0.351 e. The molecule has 0 bridgehead atoms. The highest BCUT2D eigenvalue weighted by molar-refractivity contribution is 9.10. The van der Waals surface area contributed by atoms with Crippen LogP contribution < -0.4 is 10.2 Å². The molecule has 1 aliphatic rings. The molecular weight excluding hydrogens is 504 g/mol. The van der Waals surface area contributed by atoms with Crippen LogP contribution in [0.25, 0.3) is 5.69 Å². The molecule has 1 fully saturated rings. The SMILES string of the molecule is Cc1cc(N2C(=S)N[C@@H](c3ccccn3)[C@H]2c2c(C)c(C)n(-c3ccccc3)c2C)ccc1Br. The van der Waals surface area contributed by atoms with Crippen LogP contribution in [0.1, 0.15) is 45.9 Å². The van der Waals surface area contributed by atoms with Gasteiger partial charge in [0.25, 0.3) is 0 Å². The van der Waals surface area contributed by atoms with Crippen LogP contribution in [0.5, 0.6) is 0 Å². The summed E-state index contributed by atoms with van der Waals surface area (Å²) in [5.74, 6) is 0. The maximum absolute atomic E-state index is 5.94. The summed E-state index contributed by atoms with van der Waals surface area (Å²) in [6, 6.07) is 22.9. The summed E-state index contributed by atoms with van der Waals surface area (Å²) in [4.78, 5) is 6.98. The topological polar surface area (TPSA) is 33.1 Å². The minimum absolute atomic E-state index is 0.0355. The number of anilines is 1. The average molecular weight is 532 g/mol. The molecule has 0 radical (unpaired) electrons. The zero-order valence-electron chi connectivity index (χ0n) is 19.7. The Kier molecular flexibility index (Phi) is 6.04. The number of hydrogen-bond acceptors (Lipinski definition) is 2. The summed E-state index contributed by atoms with van der Waals surface area (Å²) in [6.07, 6.45) is 1.85. The molecule has 0 spiro atoms. The van der Waals surface area contributed by atoms with E-state index in [1.165, 1.54) is 33.8 Å². The molecule has 5 rings (SSSR count). The Hall–Kier alpha value is -2.96. The first kappa shape index (κ1) is 22.8. The molecular formula is C28H27BrN4S. The van der Waals surface area contributed by atoms with Gasteiger partial charge in [-0.2, -0.15) is 0 Å². The van der Waals surface area contributed by atoms with Gasteiger partial charge in [0.05, 0.1) is 17.8 Å². The fraction of sp³-hybridized carbons (Fsp3) is 0.214. The number of nitrogens with zero attached hydrogens (tertiary/aromatic N) is 3. The van der Waals surface area contributed by atoms with Crippen molar-refractivity contribution in [2.24, 2.45) is 0 Å². The molecule has 172 valence electrons. The number of halogens is 1. The Bertz CT molecular complexity index is 1360. The number of aromatic nitrogens is 2. The van der Waals surface area contributed by atoms with Crippen molar-refractivity contribution in [2.45, 2.75) is 39.8 Å². The van der Waals surface area contributed by atoms with Crippen molar-refractivity contribution in [3.63, 3.8) is 0 Å². The van der Waals surface area contributed by atoms with E-state index in [-0.39, 0.29) is 12.1 Å². The van der Waals surface area contributed by atoms with Gasteiger partial charge < -0.3 is 14.8 Å². The summed E-state index contributed by atoms with van der Waals surface area (Å²) >= 11 is 9.58. The van der Waals surface area contributed by atoms with E-state index in [0.717, 1.165) is 15.9 Å². The third kappa shape index (κ3) is 3.75. The number of nitrogens with one attached hydrogen (secondary N) is 1. The van der Waals surface area contributed by atoms with Gasteiger partial charge >= 0.3 is 0 Å². The molecule has 1 N–H and O–H groups in total. The Morgan fingerprint density at radius 3 is 2.29 bits per heavy atom. The molecule has 0 amide bonds. The van der Waals surface area contributed by atoms with Crippen LogP contribution in [0.15, 0.2) is 77.4 Å². The Morgan fingerprint density at radius 1 is 0.882 bits per heavy atom. The lowest BCUT2D eigenvalue weighted by molar-refractivity contribution is 0.563. The zero-order chi connectivity index (χ0) is 24.0. The van der Waals surface area contributed by atoms with Crippen molar-refractivity contribution in [2.75, 3.05) is 4.90 Å². The molecule has 0 aliphatic carbocycles. The standard InChI is InChI=1S/C28H27BrN4S/c1-17-16-22(13-14-23(17)29)33-27(26(31-28(33)34)24-12-8-9-15-30-24)25-18(2)19(3)32(20(25)4)21-10-6-5-7-11-21/h5-16,26-27H,1-4H3,(H,31,34)/t26-,27+/m0/s1. The van der Waals surface area contributed by atoms with Crippen LogP contribution in [-0.2, 0) is 0 Å². The predicted molar refractivity (Wildman–Crippen MR) is 147 cm³/mol. The van der Waals surface area contributed by atoms with Crippen molar-refractivity contribution < 1.29 is 0 Å². The van der Waals surface area contributed by atoms with Crippen molar-refractivity contribution >= 4 is 38.9 Å². The largest absolute Gasteiger partial charge is 0.351 e. The quantitative estimate of drug-likeness (QED) is 0.286. The third-order valence-electron chi connectivity index (χ3n) is 6.84. The average Bonchev–Trinajstić information content (AvgIpc) is 3.29. The second-order valence-corrected chi connectivity index (χ2v) is 10.1. The molecule has 2 atom stereocenters. The monoisotopic (exact) mass is 530 g/mol. The first-order valence-corrected chi connectivity index (χ1v) is 12.6. The molecule has 1 aliphatic heterocycles. The molecule has 2 aromatic heterocycles. The zero-order valence-corrected chi connectivity index (χ0v) is 22.1. The van der Waals surface area contributed by atoms with E-state index < -0.39 is 0 Å². The third-order valence-corrected chi connectivity index (χ3v) is 8.04. The maximum atomic E-state index is 5.94. The molecule has 0 unspecified atom stereocenters. The second-order valence-electron chi connectivity index (χ2n) is 8.81. The van der Waals surface area contributed by atoms with Crippen LogP contribution in [0.2, 0.25) is 0 Å². The van der Waals surface area contributed by atoms with Crippen molar-refractivity contribution in [1.29, 1.82) is 0 Å². The van der Waals surface area contributed by atoms with E-state index in [4.69, 9.17) is 17.2 Å². The van der Waals surface area contributed by atoms with Gasteiger partial charge in [-0.15, -0.1) is 0 Å². The summed E-state index contributed by atoms with van der Waals surface area (Å²) in [5, 5.41) is 4.31. The number of thiocarbonyl (C=S) groups is 1. The Labute approximate surface area is 214 Å². The highest BCUT2D eigenvalue weighted by Gasteiger charge is 2.43. The molecule has 1 saturated heterocycles. The highest BCUT2D eigenvalue weighted by Crippen LogP contribution is 2.45. The summed E-state index contributed by atoms with van der Waals surface area (Å²) in [5.41, 5.74) is 9.41. The number of pyridine rings is 1. The molecule has 34 heavy (non-hydrogen) atoms. The van der Waals surface area contributed by atoms with Crippen molar-refractivity contribution in [3.8, 4) is 5.69 Å². The second kappa shape index (κ2) is 9.01. The van der Waals surface area contributed by atoms with Crippen LogP contribution in [0, 0.1) is 27.7 Å². The molecule has 4 nitrogen and oxygen atoms in total. The summed E-state index contributed by atoms with van der Waals surface area (Å²) in [6.45, 7) is 8.74. The van der Waals surface area contributed by atoms with Crippen LogP contribution in [0.4, 0.5) is 5.69 Å². The van der Waals surface area contributed by atoms with E-state index >= 15 is 0 Å². The van der Waals surface area contributed by atoms with Gasteiger partial charge in [0.1, 0.15) is 0 Å². The smallest absolute Gasteiger partial charge is 0.174 e. The lowest BCUT2D eigenvalue weighted by Crippen LogP contribution is -2.30. The molecule has 0 saturated carbocycles. The predicted octanol–water partition coefficient (Wildman–Crippen LogP) is 7.05. The Balaban J connectivity index is 1.74. The van der Waals surface area contributed by atoms with Crippen LogP contribution in [-0.4, -0.2) is 14.7 Å². The normalized spacial score (nSPS) is 17.8. The summed E-state index contributed by atoms with van der Waals surface area (Å²) in [7, 11) is 0. The van der Waals surface area contributed by atoms with E-state index in [0.29, 0.717) is 5.11 Å². The van der Waals surface area contributed by atoms with Gasteiger partial charge in [-0.25, -0.2) is 0 Å². The van der Waals surface area contributed by atoms with Gasteiger partial charge in [0.2, 0.25) is 0 Å². The first-order chi connectivity index (χ1) is 16.4. The lowest BCUT2D eigenvalue weighted by Gasteiger charge is -2.29. The number of hydrogen-bond donors (Lipinski definition) is 1. The van der Waals surface area contributed by atoms with Gasteiger partial charge in [-0.05, 0) is 93.5 Å². The van der Waals surface area contributed by atoms with Gasteiger partial charge in [-0.1, -0.05) is 40.2 Å². The van der Waals surface area contributed by atoms with E-state index in [2.05, 4.69) is 113 Å². The number of benzene rings is 2. The van der Waals surface area contributed by atoms with E-state index in [1.54, 1.807) is 0 Å². The van der Waals surface area contributed by atoms with Gasteiger partial charge in [0, 0.05) is 39.0 Å². The fourth-order valence-corrected chi connectivity index (χ4v) is 5.70. The lowest BCUT2D eigenvalue weighted by atomic mass is 9.93. The Morgan fingerprint density at radius 2 is 1.62 bits per heavy atom. The maximum Gasteiger partial charge on any atom is 0.174 e. The number of para-hydroxylation sites is 1. The summed E-state index contributed by atoms with van der Waals surface area (Å²) < 4.78 is 3.44. The van der Waals surface area contributed by atoms with Crippen molar-refractivity contribution in [1.82, 2.24) is 14.9 Å². The molecule has 2 aromatic carbocycles. The highest BCUT2D eigenvalue weighted by atomic mass is 79.9. The van der Waals surface area contributed by atoms with E-state index in [9.17, 15) is 0 Å². The van der Waals surface area contributed by atoms with E-state index in [1.807, 2.05) is 18.3 Å². The fourth-order valence-electron chi connectivity index (χ4n) is 5.11. The first-order valence-electron chi connectivity index (χ1n) is 11.4. The van der Waals surface area contributed by atoms with Crippen LogP contribution >= 0.6 is 28.1 Å². The molecule has 3 heterocycles. The van der Waals surface area contributed by atoms with Crippen LogP contribution in [0.3, 0.4) is 0 Å². The van der Waals surface area contributed by atoms with Crippen molar-refractivity contribution in [3.05, 3.63) is 111 Å². The molecule has 6 heteroatoms.